The minimum Gasteiger partial charge on any atom is -0.313 e. The van der Waals surface area contributed by atoms with E-state index in [4.69, 9.17) is 0 Å². The van der Waals surface area contributed by atoms with Gasteiger partial charge in [0.25, 0.3) is 0 Å². The Morgan fingerprint density at radius 3 is 2.56 bits per heavy atom. The van der Waals surface area contributed by atoms with Gasteiger partial charge in [0, 0.05) is 12.6 Å². The van der Waals surface area contributed by atoms with Crippen molar-refractivity contribution < 1.29 is 8.42 Å². The summed E-state index contributed by atoms with van der Waals surface area (Å²) in [5.41, 5.74) is 1.71. The van der Waals surface area contributed by atoms with E-state index >= 15 is 0 Å². The third-order valence-electron chi connectivity index (χ3n) is 2.77. The molecule has 0 bridgehead atoms. The molecule has 0 heterocycles. The van der Waals surface area contributed by atoms with Crippen LogP contribution < -0.4 is 10.0 Å². The molecule has 0 spiro atoms. The fraction of sp³-hybridized carbons (Fsp3) is 0.538. The maximum absolute atomic E-state index is 12.2. The van der Waals surface area contributed by atoms with Crippen LogP contribution in [0.4, 0.5) is 0 Å². The maximum Gasteiger partial charge on any atom is 0.240 e. The van der Waals surface area contributed by atoms with Gasteiger partial charge in [-0.3, -0.25) is 0 Å². The van der Waals surface area contributed by atoms with E-state index < -0.39 is 10.0 Å². The number of hydrogen-bond acceptors (Lipinski definition) is 3. The van der Waals surface area contributed by atoms with Crippen molar-refractivity contribution in [2.45, 2.75) is 38.6 Å². The smallest absolute Gasteiger partial charge is 0.240 e. The summed E-state index contributed by atoms with van der Waals surface area (Å²) in [5, 5.41) is 3.17. The molecule has 1 atom stereocenters. The molecule has 5 heteroatoms. The highest BCUT2D eigenvalue weighted by atomic mass is 32.2. The number of hydrogen-bond donors (Lipinski definition) is 2. The van der Waals surface area contributed by atoms with Crippen LogP contribution in [0.25, 0.3) is 0 Å². The third kappa shape index (κ3) is 4.08. The molecule has 1 rings (SSSR count). The summed E-state index contributed by atoms with van der Waals surface area (Å²) < 4.78 is 27.0. The lowest BCUT2D eigenvalue weighted by molar-refractivity contribution is 0.536. The van der Waals surface area contributed by atoms with Crippen LogP contribution in [0, 0.1) is 13.8 Å². The van der Waals surface area contributed by atoms with E-state index in [0.29, 0.717) is 11.4 Å². The number of sulfonamides is 1. The van der Waals surface area contributed by atoms with Crippen LogP contribution in [-0.2, 0) is 10.0 Å². The lowest BCUT2D eigenvalue weighted by atomic mass is 10.2. The van der Waals surface area contributed by atoms with Crippen LogP contribution in [-0.4, -0.2) is 27.5 Å². The summed E-state index contributed by atoms with van der Waals surface area (Å²) in [6.07, 6.45) is 0. The van der Waals surface area contributed by atoms with Gasteiger partial charge in [0.05, 0.1) is 4.90 Å². The molecule has 0 radical (unpaired) electrons. The van der Waals surface area contributed by atoms with Crippen molar-refractivity contribution in [3.05, 3.63) is 29.3 Å². The highest BCUT2D eigenvalue weighted by molar-refractivity contribution is 7.89. The zero-order chi connectivity index (χ0) is 13.8. The minimum atomic E-state index is -3.42. The predicted octanol–water partition coefficient (Wildman–Crippen LogP) is 1.58. The van der Waals surface area contributed by atoms with Crippen molar-refractivity contribution >= 4 is 10.0 Å². The van der Waals surface area contributed by atoms with Crippen LogP contribution in [0.5, 0.6) is 0 Å². The second-order valence-electron chi connectivity index (χ2n) is 4.58. The number of aryl methyl sites for hydroxylation is 2. The Labute approximate surface area is 110 Å². The average Bonchev–Trinajstić information content (AvgIpc) is 2.30. The quantitative estimate of drug-likeness (QED) is 0.825. The number of rotatable bonds is 6. The van der Waals surface area contributed by atoms with Crippen LogP contribution in [0.15, 0.2) is 23.1 Å². The van der Waals surface area contributed by atoms with Gasteiger partial charge in [-0.05, 0) is 44.5 Å². The molecule has 1 aromatic carbocycles. The summed E-state index contributed by atoms with van der Waals surface area (Å²) in [4.78, 5) is 0.367. The Balaban J connectivity index is 2.83. The molecule has 0 amide bonds. The maximum atomic E-state index is 12.2. The first-order valence-electron chi connectivity index (χ1n) is 6.17. The first-order valence-corrected chi connectivity index (χ1v) is 7.65. The van der Waals surface area contributed by atoms with E-state index in [1.807, 2.05) is 39.8 Å². The van der Waals surface area contributed by atoms with Crippen molar-refractivity contribution in [1.82, 2.24) is 10.0 Å². The molecule has 0 aliphatic rings. The molecular formula is C13H22N2O2S. The molecule has 0 aliphatic carbocycles. The Kier molecular flexibility index (Phi) is 5.31. The molecule has 0 fully saturated rings. The summed E-state index contributed by atoms with van der Waals surface area (Å²) in [6, 6.07) is 5.57. The Bertz CT molecular complexity index is 498. The second kappa shape index (κ2) is 6.31. The van der Waals surface area contributed by atoms with Crippen LogP contribution >= 0.6 is 0 Å². The van der Waals surface area contributed by atoms with E-state index in [-0.39, 0.29) is 6.04 Å². The van der Waals surface area contributed by atoms with Gasteiger partial charge >= 0.3 is 0 Å². The van der Waals surface area contributed by atoms with Gasteiger partial charge in [-0.15, -0.1) is 0 Å². The van der Waals surface area contributed by atoms with Gasteiger partial charge in [-0.25, -0.2) is 13.1 Å². The van der Waals surface area contributed by atoms with Crippen molar-refractivity contribution in [3.8, 4) is 0 Å². The molecule has 102 valence electrons. The van der Waals surface area contributed by atoms with E-state index in [1.54, 1.807) is 6.07 Å². The standard InChI is InChI=1S/C13H22N2O2S/c1-5-14-12(4)9-15-18(16,17)13-8-10(2)6-7-11(13)3/h6-8,12,14-15H,5,9H2,1-4H3/t12-/m1/s1. The largest absolute Gasteiger partial charge is 0.313 e. The van der Waals surface area contributed by atoms with Gasteiger partial charge in [0.15, 0.2) is 0 Å². The SMILES string of the molecule is CCN[C@H](C)CNS(=O)(=O)c1cc(C)ccc1C. The molecule has 1 aromatic rings. The Hall–Kier alpha value is -0.910. The molecule has 0 saturated carbocycles. The lowest BCUT2D eigenvalue weighted by Gasteiger charge is -2.14. The fourth-order valence-electron chi connectivity index (χ4n) is 1.73. The van der Waals surface area contributed by atoms with Gasteiger partial charge in [-0.2, -0.15) is 0 Å². The summed E-state index contributed by atoms with van der Waals surface area (Å²) in [5.74, 6) is 0. The van der Waals surface area contributed by atoms with E-state index in [1.165, 1.54) is 0 Å². The van der Waals surface area contributed by atoms with Crippen LogP contribution in [0.3, 0.4) is 0 Å². The molecule has 0 aliphatic heterocycles. The zero-order valence-corrected chi connectivity index (χ0v) is 12.3. The topological polar surface area (TPSA) is 58.2 Å². The summed E-state index contributed by atoms with van der Waals surface area (Å²) >= 11 is 0. The Morgan fingerprint density at radius 2 is 1.94 bits per heavy atom. The molecule has 0 unspecified atom stereocenters. The van der Waals surface area contributed by atoms with Gasteiger partial charge in [0.2, 0.25) is 10.0 Å². The molecule has 0 saturated heterocycles. The predicted molar refractivity (Wildman–Crippen MR) is 74.2 cm³/mol. The Morgan fingerprint density at radius 1 is 1.28 bits per heavy atom. The first kappa shape index (κ1) is 15.1. The van der Waals surface area contributed by atoms with Crippen molar-refractivity contribution in [2.24, 2.45) is 0 Å². The van der Waals surface area contributed by atoms with Gasteiger partial charge in [0.1, 0.15) is 0 Å². The molecule has 4 nitrogen and oxygen atoms in total. The molecule has 2 N–H and O–H groups in total. The van der Waals surface area contributed by atoms with E-state index in [2.05, 4.69) is 10.0 Å². The van der Waals surface area contributed by atoms with E-state index in [9.17, 15) is 8.42 Å². The average molecular weight is 270 g/mol. The zero-order valence-electron chi connectivity index (χ0n) is 11.4. The highest BCUT2D eigenvalue weighted by Crippen LogP contribution is 2.16. The summed E-state index contributed by atoms with van der Waals surface area (Å²) in [7, 11) is -3.42. The highest BCUT2D eigenvalue weighted by Gasteiger charge is 2.17. The number of benzene rings is 1. The van der Waals surface area contributed by atoms with Crippen LogP contribution in [0.1, 0.15) is 25.0 Å². The minimum absolute atomic E-state index is 0.120. The normalized spacial score (nSPS) is 13.6. The number of likely N-dealkylation sites (N-methyl/N-ethyl adjacent to an activating group) is 1. The second-order valence-corrected chi connectivity index (χ2v) is 6.31. The van der Waals surface area contributed by atoms with Crippen molar-refractivity contribution in [2.75, 3.05) is 13.1 Å². The molecular weight excluding hydrogens is 248 g/mol. The monoisotopic (exact) mass is 270 g/mol. The van der Waals surface area contributed by atoms with E-state index in [0.717, 1.165) is 17.7 Å². The number of nitrogens with one attached hydrogen (secondary N) is 2. The third-order valence-corrected chi connectivity index (χ3v) is 4.33. The molecule has 18 heavy (non-hydrogen) atoms. The first-order chi connectivity index (χ1) is 8.36. The summed E-state index contributed by atoms with van der Waals surface area (Å²) in [6.45, 7) is 8.86. The van der Waals surface area contributed by atoms with Crippen LogP contribution in [0.2, 0.25) is 0 Å². The van der Waals surface area contributed by atoms with Crippen molar-refractivity contribution in [1.29, 1.82) is 0 Å². The van der Waals surface area contributed by atoms with Gasteiger partial charge < -0.3 is 5.32 Å². The lowest BCUT2D eigenvalue weighted by Crippen LogP contribution is -2.38. The molecule has 0 aromatic heterocycles. The fourth-order valence-corrected chi connectivity index (χ4v) is 3.19. The van der Waals surface area contributed by atoms with Gasteiger partial charge in [-0.1, -0.05) is 19.1 Å². The van der Waals surface area contributed by atoms with Crippen molar-refractivity contribution in [3.63, 3.8) is 0 Å².